The lowest BCUT2D eigenvalue weighted by atomic mass is 10.0. The van der Waals surface area contributed by atoms with E-state index in [1.54, 1.807) is 0 Å². The SMILES string of the molecule is CC(C)[C@@H](NC(=O)CCCCCN1C(=O)CCC1=O)C(N)=O. The van der Waals surface area contributed by atoms with Gasteiger partial charge in [-0.2, -0.15) is 0 Å². The second-order valence-corrected chi connectivity index (χ2v) is 5.94. The van der Waals surface area contributed by atoms with Gasteiger partial charge < -0.3 is 11.1 Å². The van der Waals surface area contributed by atoms with E-state index in [1.165, 1.54) is 4.90 Å². The van der Waals surface area contributed by atoms with Crippen LogP contribution in [-0.2, 0) is 19.2 Å². The van der Waals surface area contributed by atoms with Gasteiger partial charge in [0.25, 0.3) is 0 Å². The summed E-state index contributed by atoms with van der Waals surface area (Å²) >= 11 is 0. The number of hydrogen-bond acceptors (Lipinski definition) is 4. The monoisotopic (exact) mass is 311 g/mol. The number of imide groups is 1. The normalized spacial score (nSPS) is 16.2. The van der Waals surface area contributed by atoms with Crippen molar-refractivity contribution in [2.24, 2.45) is 11.7 Å². The van der Waals surface area contributed by atoms with E-state index >= 15 is 0 Å². The van der Waals surface area contributed by atoms with Gasteiger partial charge in [0.1, 0.15) is 6.04 Å². The maximum absolute atomic E-state index is 11.7. The smallest absolute Gasteiger partial charge is 0.240 e. The second kappa shape index (κ2) is 8.51. The first-order chi connectivity index (χ1) is 10.3. The molecule has 0 aromatic rings. The predicted octanol–water partition coefficient (Wildman–Crippen LogP) is 0.322. The molecule has 0 aromatic heterocycles. The van der Waals surface area contributed by atoms with Gasteiger partial charge in [-0.05, 0) is 18.8 Å². The van der Waals surface area contributed by atoms with Crippen molar-refractivity contribution in [3.8, 4) is 0 Å². The fourth-order valence-corrected chi connectivity index (χ4v) is 2.42. The number of unbranched alkanes of at least 4 members (excludes halogenated alkanes) is 2. The van der Waals surface area contributed by atoms with Gasteiger partial charge in [-0.3, -0.25) is 24.1 Å². The summed E-state index contributed by atoms with van der Waals surface area (Å²) in [6, 6.07) is -0.646. The van der Waals surface area contributed by atoms with Crippen LogP contribution in [0, 0.1) is 5.92 Å². The Morgan fingerprint density at radius 1 is 1.14 bits per heavy atom. The van der Waals surface area contributed by atoms with Crippen molar-refractivity contribution >= 4 is 23.6 Å². The Bertz CT molecular complexity index is 432. The van der Waals surface area contributed by atoms with Crippen LogP contribution >= 0.6 is 0 Å². The Morgan fingerprint density at radius 2 is 1.73 bits per heavy atom. The van der Waals surface area contributed by atoms with Crippen molar-refractivity contribution < 1.29 is 19.2 Å². The number of amides is 4. The van der Waals surface area contributed by atoms with Crippen molar-refractivity contribution in [2.75, 3.05) is 6.54 Å². The molecule has 0 spiro atoms. The molecule has 1 rings (SSSR count). The van der Waals surface area contributed by atoms with Crippen LogP contribution < -0.4 is 11.1 Å². The number of rotatable bonds is 9. The Hall–Kier alpha value is -1.92. The quantitative estimate of drug-likeness (QED) is 0.472. The molecule has 1 atom stereocenters. The van der Waals surface area contributed by atoms with Gasteiger partial charge in [0, 0.05) is 25.8 Å². The molecular weight excluding hydrogens is 286 g/mol. The van der Waals surface area contributed by atoms with Crippen LogP contribution in [-0.4, -0.2) is 41.1 Å². The van der Waals surface area contributed by atoms with E-state index in [0.717, 1.165) is 6.42 Å². The Kier molecular flexibility index (Phi) is 7.01. The van der Waals surface area contributed by atoms with Gasteiger partial charge in [0.15, 0.2) is 0 Å². The van der Waals surface area contributed by atoms with Crippen LogP contribution in [0.5, 0.6) is 0 Å². The molecule has 0 aliphatic carbocycles. The topological polar surface area (TPSA) is 110 Å². The molecule has 1 saturated heterocycles. The van der Waals surface area contributed by atoms with Gasteiger partial charge in [-0.25, -0.2) is 0 Å². The largest absolute Gasteiger partial charge is 0.368 e. The minimum Gasteiger partial charge on any atom is -0.368 e. The third kappa shape index (κ3) is 5.46. The average Bonchev–Trinajstić information content (AvgIpc) is 2.75. The zero-order valence-electron chi connectivity index (χ0n) is 13.3. The molecule has 1 heterocycles. The van der Waals surface area contributed by atoms with Crippen LogP contribution in [0.3, 0.4) is 0 Å². The Morgan fingerprint density at radius 3 is 2.23 bits per heavy atom. The number of nitrogens with zero attached hydrogens (tertiary/aromatic N) is 1. The molecule has 0 bridgehead atoms. The summed E-state index contributed by atoms with van der Waals surface area (Å²) in [5, 5.41) is 2.63. The van der Waals surface area contributed by atoms with Crippen LogP contribution in [0.4, 0.5) is 0 Å². The van der Waals surface area contributed by atoms with E-state index in [1.807, 2.05) is 13.8 Å². The van der Waals surface area contributed by atoms with Crippen molar-refractivity contribution in [1.29, 1.82) is 0 Å². The standard InChI is InChI=1S/C15H25N3O4/c1-10(2)14(15(16)22)17-11(19)6-4-3-5-9-18-12(20)7-8-13(18)21/h10,14H,3-9H2,1-2H3,(H2,16,22)(H,17,19)/t14-/m1/s1. The number of carbonyl (C=O) groups is 4. The molecule has 0 saturated carbocycles. The van der Waals surface area contributed by atoms with Crippen molar-refractivity contribution in [3.05, 3.63) is 0 Å². The summed E-state index contributed by atoms with van der Waals surface area (Å²) in [4.78, 5) is 47.0. The van der Waals surface area contributed by atoms with Gasteiger partial charge in [0.2, 0.25) is 23.6 Å². The van der Waals surface area contributed by atoms with Crippen LogP contribution in [0.25, 0.3) is 0 Å². The summed E-state index contributed by atoms with van der Waals surface area (Å²) in [5.41, 5.74) is 5.24. The molecular formula is C15H25N3O4. The molecule has 7 nitrogen and oxygen atoms in total. The lowest BCUT2D eigenvalue weighted by Crippen LogP contribution is -2.47. The third-order valence-corrected chi connectivity index (χ3v) is 3.73. The highest BCUT2D eigenvalue weighted by atomic mass is 16.2. The molecule has 4 amide bonds. The molecule has 22 heavy (non-hydrogen) atoms. The molecule has 7 heteroatoms. The van der Waals surface area contributed by atoms with E-state index < -0.39 is 11.9 Å². The highest BCUT2D eigenvalue weighted by molar-refractivity contribution is 6.01. The minimum atomic E-state index is -0.646. The number of hydrogen-bond donors (Lipinski definition) is 2. The lowest BCUT2D eigenvalue weighted by Gasteiger charge is -2.19. The predicted molar refractivity (Wildman–Crippen MR) is 80.4 cm³/mol. The molecule has 124 valence electrons. The first kappa shape index (κ1) is 18.1. The molecule has 0 unspecified atom stereocenters. The fraction of sp³-hybridized carbons (Fsp3) is 0.733. The maximum Gasteiger partial charge on any atom is 0.240 e. The number of nitrogens with two attached hydrogens (primary N) is 1. The molecule has 0 radical (unpaired) electrons. The third-order valence-electron chi connectivity index (χ3n) is 3.73. The highest BCUT2D eigenvalue weighted by Crippen LogP contribution is 2.13. The molecule has 1 aliphatic heterocycles. The summed E-state index contributed by atoms with van der Waals surface area (Å²) < 4.78 is 0. The van der Waals surface area contributed by atoms with Gasteiger partial charge in [-0.1, -0.05) is 20.3 Å². The summed E-state index contributed by atoms with van der Waals surface area (Å²) in [6.45, 7) is 4.06. The number of likely N-dealkylation sites (tertiary alicyclic amines) is 1. The number of nitrogens with one attached hydrogen (secondary N) is 1. The number of primary amides is 1. The van der Waals surface area contributed by atoms with Crippen LogP contribution in [0.15, 0.2) is 0 Å². The lowest BCUT2D eigenvalue weighted by molar-refractivity contribution is -0.138. The molecule has 3 N–H and O–H groups in total. The highest BCUT2D eigenvalue weighted by Gasteiger charge is 2.27. The molecule has 0 aromatic carbocycles. The molecule has 1 aliphatic rings. The van der Waals surface area contributed by atoms with Crippen molar-refractivity contribution in [1.82, 2.24) is 10.2 Å². The van der Waals surface area contributed by atoms with Crippen molar-refractivity contribution in [3.63, 3.8) is 0 Å². The summed E-state index contributed by atoms with van der Waals surface area (Å²) in [5.74, 6) is -0.998. The zero-order chi connectivity index (χ0) is 16.7. The first-order valence-corrected chi connectivity index (χ1v) is 7.74. The zero-order valence-corrected chi connectivity index (χ0v) is 13.3. The van der Waals surface area contributed by atoms with E-state index in [4.69, 9.17) is 5.73 Å². The van der Waals surface area contributed by atoms with Crippen LogP contribution in [0.2, 0.25) is 0 Å². The van der Waals surface area contributed by atoms with E-state index in [0.29, 0.717) is 38.6 Å². The summed E-state index contributed by atoms with van der Waals surface area (Å²) in [7, 11) is 0. The van der Waals surface area contributed by atoms with Crippen molar-refractivity contribution in [2.45, 2.75) is 58.4 Å². The maximum atomic E-state index is 11.7. The van der Waals surface area contributed by atoms with Gasteiger partial charge in [0.05, 0.1) is 0 Å². The Labute approximate surface area is 130 Å². The first-order valence-electron chi connectivity index (χ1n) is 7.74. The average molecular weight is 311 g/mol. The van der Waals surface area contributed by atoms with Crippen LogP contribution in [0.1, 0.15) is 52.4 Å². The Balaban J connectivity index is 2.18. The molecule has 1 fully saturated rings. The fourth-order valence-electron chi connectivity index (χ4n) is 2.42. The minimum absolute atomic E-state index is 0.0476. The van der Waals surface area contributed by atoms with Gasteiger partial charge in [-0.15, -0.1) is 0 Å². The van der Waals surface area contributed by atoms with E-state index in [-0.39, 0.29) is 23.6 Å². The van der Waals surface area contributed by atoms with Gasteiger partial charge >= 0.3 is 0 Å². The van der Waals surface area contributed by atoms with E-state index in [2.05, 4.69) is 5.32 Å². The second-order valence-electron chi connectivity index (χ2n) is 5.94. The van der Waals surface area contributed by atoms with E-state index in [9.17, 15) is 19.2 Å². The summed E-state index contributed by atoms with van der Waals surface area (Å²) in [6.07, 6.45) is 3.00. The number of carbonyl (C=O) groups excluding carboxylic acids is 4.